The molecule has 1 aromatic carbocycles. The third-order valence-corrected chi connectivity index (χ3v) is 5.89. The number of rotatable bonds is 8. The number of hydrazone groups is 1. The van der Waals surface area contributed by atoms with Gasteiger partial charge < -0.3 is 24.1 Å². The number of ether oxygens (including phenoxy) is 2. The molecule has 12 heteroatoms. The lowest BCUT2D eigenvalue weighted by Gasteiger charge is -2.04. The minimum Gasteiger partial charge on any atom is -0.497 e. The first kappa shape index (κ1) is 33.2. The lowest BCUT2D eigenvalue weighted by Crippen LogP contribution is -2.22. The molecule has 4 rings (SSSR count). The number of nitrogens with one attached hydrogen (secondary N) is 3. The van der Waals surface area contributed by atoms with Gasteiger partial charge in [0.25, 0.3) is 11.8 Å². The molecule has 0 radical (unpaired) electrons. The summed E-state index contributed by atoms with van der Waals surface area (Å²) >= 11 is 0. The first-order valence-electron chi connectivity index (χ1n) is 13.2. The molecule has 0 spiro atoms. The van der Waals surface area contributed by atoms with E-state index in [-0.39, 0.29) is 5.91 Å². The Balaban J connectivity index is 0.000000318. The zero-order valence-corrected chi connectivity index (χ0v) is 24.8. The number of fused-ring (bicyclic) bond motifs is 1. The number of aliphatic imine (C=N–C) groups is 1. The number of carbonyl (C=O) groups is 3. The summed E-state index contributed by atoms with van der Waals surface area (Å²) < 4.78 is 15.6. The van der Waals surface area contributed by atoms with Crippen molar-refractivity contribution in [2.45, 2.75) is 46.2 Å². The number of methoxy groups -OCH3 is 2. The zero-order valence-electron chi connectivity index (χ0n) is 24.8. The number of urea groups is 1. The first-order valence-corrected chi connectivity index (χ1v) is 13.2. The van der Waals surface area contributed by atoms with Crippen LogP contribution >= 0.6 is 0 Å². The monoisotopic (exact) mass is 578 g/mol. The van der Waals surface area contributed by atoms with Gasteiger partial charge in [-0.05, 0) is 56.5 Å². The Morgan fingerprint density at radius 3 is 2.62 bits per heavy atom. The van der Waals surface area contributed by atoms with E-state index in [4.69, 9.17) is 13.9 Å². The van der Waals surface area contributed by atoms with E-state index in [1.165, 1.54) is 7.11 Å². The number of amides is 4. The molecule has 12 nitrogen and oxygen atoms in total. The van der Waals surface area contributed by atoms with E-state index in [1.807, 2.05) is 38.1 Å². The van der Waals surface area contributed by atoms with Gasteiger partial charge in [0.15, 0.2) is 6.04 Å². The number of hydrogen-bond donors (Lipinski definition) is 3. The van der Waals surface area contributed by atoms with E-state index in [9.17, 15) is 14.4 Å². The fraction of sp³-hybridized carbons (Fsp3) is 0.367. The number of carbonyl (C=O) groups excluding carboxylic acids is 3. The van der Waals surface area contributed by atoms with Crippen molar-refractivity contribution >= 4 is 30.1 Å². The molecule has 1 aromatic heterocycles. The van der Waals surface area contributed by atoms with Crippen LogP contribution in [-0.2, 0) is 22.5 Å². The van der Waals surface area contributed by atoms with Crippen LogP contribution in [0.1, 0.15) is 59.3 Å². The van der Waals surface area contributed by atoms with Crippen molar-refractivity contribution in [2.75, 3.05) is 27.8 Å². The van der Waals surface area contributed by atoms with Crippen LogP contribution in [0.3, 0.4) is 0 Å². The van der Waals surface area contributed by atoms with E-state index in [0.717, 1.165) is 28.2 Å². The molecule has 0 bridgehead atoms. The predicted molar refractivity (Wildman–Crippen MR) is 160 cm³/mol. The van der Waals surface area contributed by atoms with Gasteiger partial charge >= 0.3 is 12.1 Å². The minimum atomic E-state index is -0.767. The highest BCUT2D eigenvalue weighted by Crippen LogP contribution is 2.25. The molecule has 42 heavy (non-hydrogen) atoms. The quantitative estimate of drug-likeness (QED) is 0.109. The van der Waals surface area contributed by atoms with E-state index in [1.54, 1.807) is 44.3 Å². The normalized spacial score (nSPS) is 15.7. The second-order valence-electron chi connectivity index (χ2n) is 8.92. The highest BCUT2D eigenvalue weighted by molar-refractivity contribution is 6.04. The van der Waals surface area contributed by atoms with Crippen molar-refractivity contribution in [3.05, 3.63) is 64.6 Å². The highest BCUT2D eigenvalue weighted by Gasteiger charge is 2.33. The molecule has 3 N–H and O–H groups in total. The van der Waals surface area contributed by atoms with Crippen LogP contribution in [-0.4, -0.2) is 62.8 Å². The molecule has 2 aliphatic rings. The molecular weight excluding hydrogens is 540 g/mol. The number of nitrogens with zero attached hydrogens (tertiary/aromatic N) is 3. The van der Waals surface area contributed by atoms with Crippen LogP contribution in [0.4, 0.5) is 4.79 Å². The van der Waals surface area contributed by atoms with Gasteiger partial charge in [-0.1, -0.05) is 18.2 Å². The van der Waals surface area contributed by atoms with Crippen molar-refractivity contribution in [2.24, 2.45) is 10.1 Å². The van der Waals surface area contributed by atoms with E-state index < -0.39 is 18.0 Å². The van der Waals surface area contributed by atoms with Crippen molar-refractivity contribution < 1.29 is 28.3 Å². The zero-order chi connectivity index (χ0) is 31.1. The van der Waals surface area contributed by atoms with Crippen LogP contribution in [0, 0.1) is 19.3 Å². The summed E-state index contributed by atoms with van der Waals surface area (Å²) in [5, 5.41) is 8.71. The summed E-state index contributed by atoms with van der Waals surface area (Å²) in [4.78, 5) is 40.2. The van der Waals surface area contributed by atoms with Crippen LogP contribution in [0.2, 0.25) is 0 Å². The van der Waals surface area contributed by atoms with Gasteiger partial charge in [-0.3, -0.25) is 14.9 Å². The molecule has 1 atom stereocenters. The summed E-state index contributed by atoms with van der Waals surface area (Å²) in [5.74, 6) is 3.81. The number of aryl methyl sites for hydroxylation is 1. The van der Waals surface area contributed by atoms with Crippen LogP contribution in [0.5, 0.6) is 5.75 Å². The topological polar surface area (TPSA) is 147 Å². The van der Waals surface area contributed by atoms with Crippen molar-refractivity contribution in [3.63, 3.8) is 0 Å². The second kappa shape index (κ2) is 16.9. The summed E-state index contributed by atoms with van der Waals surface area (Å²) in [6.45, 7) is 6.71. The SMILES string of the molecule is C#CC.CCN=C(N/N=C/C/C=C\Cc1cc(C2NC(=O)NC2=O)oc1C)OC.COc1ccc2c(c1)C(=O)N(C)C2. The minimum absolute atomic E-state index is 0.0777. The van der Waals surface area contributed by atoms with Gasteiger partial charge in [0.1, 0.15) is 17.3 Å². The molecule has 2 aromatic rings. The Labute approximate surface area is 246 Å². The maximum Gasteiger partial charge on any atom is 0.322 e. The fourth-order valence-corrected chi connectivity index (χ4v) is 3.87. The van der Waals surface area contributed by atoms with E-state index >= 15 is 0 Å². The van der Waals surface area contributed by atoms with Gasteiger partial charge in [0.2, 0.25) is 0 Å². The number of terminal acetylenes is 1. The largest absolute Gasteiger partial charge is 0.497 e. The third kappa shape index (κ3) is 9.55. The number of amidine groups is 1. The van der Waals surface area contributed by atoms with Crippen molar-refractivity contribution in [1.82, 2.24) is 21.0 Å². The van der Waals surface area contributed by atoms with Gasteiger partial charge in [-0.15, -0.1) is 12.3 Å². The predicted octanol–water partition coefficient (Wildman–Crippen LogP) is 3.48. The summed E-state index contributed by atoms with van der Waals surface area (Å²) in [5.41, 5.74) is 5.50. The summed E-state index contributed by atoms with van der Waals surface area (Å²) in [6, 6.07) is 6.50. The summed E-state index contributed by atoms with van der Waals surface area (Å²) in [6.07, 6.45) is 11.5. The molecule has 1 saturated heterocycles. The number of benzene rings is 1. The first-order chi connectivity index (χ1) is 20.2. The third-order valence-electron chi connectivity index (χ3n) is 5.89. The molecule has 1 fully saturated rings. The molecule has 4 amide bonds. The van der Waals surface area contributed by atoms with Gasteiger partial charge in [0, 0.05) is 38.3 Å². The van der Waals surface area contributed by atoms with Crippen LogP contribution in [0.15, 0.2) is 50.9 Å². The van der Waals surface area contributed by atoms with Gasteiger partial charge in [-0.2, -0.15) is 5.10 Å². The smallest absolute Gasteiger partial charge is 0.322 e. The fourth-order valence-electron chi connectivity index (χ4n) is 3.87. The summed E-state index contributed by atoms with van der Waals surface area (Å²) in [7, 11) is 4.93. The number of hydrogen-bond acceptors (Lipinski definition) is 8. The van der Waals surface area contributed by atoms with Crippen molar-refractivity contribution in [1.29, 1.82) is 0 Å². The second-order valence-corrected chi connectivity index (χ2v) is 8.92. The average Bonchev–Trinajstić information content (AvgIpc) is 3.60. The van der Waals surface area contributed by atoms with Crippen LogP contribution < -0.4 is 20.8 Å². The van der Waals surface area contributed by atoms with Gasteiger partial charge in [0.05, 0.1) is 14.2 Å². The number of allylic oxidation sites excluding steroid dienone is 2. The van der Waals surface area contributed by atoms with E-state index in [2.05, 4.69) is 38.5 Å². The van der Waals surface area contributed by atoms with Gasteiger partial charge in [-0.25, -0.2) is 15.2 Å². The average molecular weight is 579 g/mol. The Morgan fingerprint density at radius 1 is 1.26 bits per heavy atom. The Morgan fingerprint density at radius 2 is 2.00 bits per heavy atom. The molecule has 3 heterocycles. The molecule has 1 unspecified atom stereocenters. The maximum absolute atomic E-state index is 11.7. The lowest BCUT2D eigenvalue weighted by atomic mass is 10.1. The van der Waals surface area contributed by atoms with Crippen LogP contribution in [0.25, 0.3) is 0 Å². The molecule has 0 saturated carbocycles. The molecular formula is C30H38N6O6. The van der Waals surface area contributed by atoms with Crippen molar-refractivity contribution in [3.8, 4) is 18.1 Å². The Bertz CT molecular complexity index is 1370. The molecule has 2 aliphatic heterocycles. The number of furan rings is 1. The number of imide groups is 1. The van der Waals surface area contributed by atoms with E-state index in [0.29, 0.717) is 37.7 Å². The Hall–Kier alpha value is -5.05. The molecule has 224 valence electrons. The highest BCUT2D eigenvalue weighted by atomic mass is 16.5. The maximum atomic E-state index is 11.7. The Kier molecular flexibility index (Phi) is 13.4. The lowest BCUT2D eigenvalue weighted by molar-refractivity contribution is -0.120. The standard InChI is InChI=1S/C17H23N5O4.C10H11NO2.C3H4/c1-4-18-17(25-3)22-19-9-7-5-6-8-12-10-13(26-11(12)2)14-15(23)21-16(24)20-14;1-11-6-7-3-4-8(13-2)5-9(7)10(11)12;1-3-2/h5-6,9-10,14H,4,7-8H2,1-3H3,(H,18,22)(H2,20,21,23,24);3-5H,6H2,1-2H3;1H,2H3/b6-5-,19-9+;;. The molecule has 0 aliphatic carbocycles.